The fourth-order valence-electron chi connectivity index (χ4n) is 3.11. The van der Waals surface area contributed by atoms with Crippen LogP contribution in [0.15, 0.2) is 0 Å². The number of Topliss-reactive ketones (excluding diaryl/α,β-unsaturated/α-hetero) is 1. The van der Waals surface area contributed by atoms with Crippen LogP contribution in [0.1, 0.15) is 73.1 Å². The second kappa shape index (κ2) is 9.01. The highest BCUT2D eigenvalue weighted by Gasteiger charge is 2.31. The van der Waals surface area contributed by atoms with Gasteiger partial charge in [0.25, 0.3) is 0 Å². The van der Waals surface area contributed by atoms with Crippen molar-refractivity contribution in [2.45, 2.75) is 60.9 Å². The molecule has 6 nitrogen and oxygen atoms in total. The summed E-state index contributed by atoms with van der Waals surface area (Å²) in [5, 5.41) is 0. The molecule has 0 aliphatic carbocycles. The van der Waals surface area contributed by atoms with Gasteiger partial charge in [0.15, 0.2) is 5.78 Å². The Morgan fingerprint density at radius 1 is 1.04 bits per heavy atom. The van der Waals surface area contributed by atoms with Crippen LogP contribution in [-0.2, 0) is 9.53 Å². The van der Waals surface area contributed by atoms with E-state index in [2.05, 4.69) is 4.98 Å². The van der Waals surface area contributed by atoms with Crippen LogP contribution in [0.25, 0.3) is 0 Å². The monoisotopic (exact) mass is 364 g/mol. The normalized spacial score (nSPS) is 12.4. The molecule has 146 valence electrons. The molecule has 1 amide bonds. The summed E-state index contributed by atoms with van der Waals surface area (Å²) in [6.45, 7) is 13.8. The van der Waals surface area contributed by atoms with Gasteiger partial charge in [0.05, 0.1) is 13.2 Å². The number of aromatic amines is 1. The number of nitrogens with zero attached hydrogens (tertiary/aromatic N) is 1. The first-order valence-electron chi connectivity index (χ1n) is 9.12. The Labute approximate surface area is 156 Å². The summed E-state index contributed by atoms with van der Waals surface area (Å²) in [6, 6.07) is -0.595. The zero-order chi connectivity index (χ0) is 20.2. The van der Waals surface area contributed by atoms with E-state index in [1.807, 2.05) is 27.7 Å². The van der Waals surface area contributed by atoms with Gasteiger partial charge in [0.2, 0.25) is 5.91 Å². The van der Waals surface area contributed by atoms with E-state index in [9.17, 15) is 14.4 Å². The summed E-state index contributed by atoms with van der Waals surface area (Å²) in [6.07, 6.45) is 0.406. The molecule has 0 aliphatic rings. The quantitative estimate of drug-likeness (QED) is 0.565. The van der Waals surface area contributed by atoms with Crippen molar-refractivity contribution in [3.8, 4) is 0 Å². The first-order chi connectivity index (χ1) is 12.0. The molecule has 0 fully saturated rings. The first kappa shape index (κ1) is 21.9. The van der Waals surface area contributed by atoms with Crippen LogP contribution < -0.4 is 0 Å². The maximum absolute atomic E-state index is 13.2. The Balaban J connectivity index is 3.22. The van der Waals surface area contributed by atoms with Crippen LogP contribution >= 0.6 is 0 Å². The minimum absolute atomic E-state index is 0.0198. The molecule has 6 heteroatoms. The summed E-state index contributed by atoms with van der Waals surface area (Å²) >= 11 is 0. The van der Waals surface area contributed by atoms with Crippen molar-refractivity contribution in [2.24, 2.45) is 11.8 Å². The minimum Gasteiger partial charge on any atom is -0.464 e. The van der Waals surface area contributed by atoms with Crippen LogP contribution in [0.2, 0.25) is 0 Å². The molecule has 1 aromatic heterocycles. The Kier molecular flexibility index (Phi) is 7.60. The summed E-state index contributed by atoms with van der Waals surface area (Å²) in [5.41, 5.74) is 1.92. The predicted molar refractivity (Wildman–Crippen MR) is 101 cm³/mol. The second-order valence-electron chi connectivity index (χ2n) is 7.69. The number of aryl methyl sites for hydroxylation is 1. The van der Waals surface area contributed by atoms with Crippen molar-refractivity contribution >= 4 is 17.7 Å². The number of ketones is 1. The molecule has 0 spiro atoms. The maximum Gasteiger partial charge on any atom is 0.354 e. The van der Waals surface area contributed by atoms with Crippen LogP contribution in [0, 0.1) is 25.7 Å². The number of amides is 1. The fourth-order valence-corrected chi connectivity index (χ4v) is 3.11. The standard InChI is InChI=1S/C20H32N2O4/c1-11(2)9-16(23)22(10-12(3)4)15(7)19(24)17-13(5)18(20(25)26-8)21-14(17)6/h11-12,15,21H,9-10H2,1-8H3/t15-/m0/s1. The number of methoxy groups -OCH3 is 1. The first-order valence-corrected chi connectivity index (χ1v) is 9.12. The lowest BCUT2D eigenvalue weighted by atomic mass is 9.98. The SMILES string of the molecule is COC(=O)c1[nH]c(C)c(C(=O)[C@H](C)N(CC(C)C)C(=O)CC(C)C)c1C. The van der Waals surface area contributed by atoms with E-state index >= 15 is 0 Å². The third kappa shape index (κ3) is 4.96. The molecule has 1 atom stereocenters. The fraction of sp³-hybridized carbons (Fsp3) is 0.650. The van der Waals surface area contributed by atoms with E-state index in [0.29, 0.717) is 29.8 Å². The Morgan fingerprint density at radius 3 is 2.08 bits per heavy atom. The van der Waals surface area contributed by atoms with Crippen molar-refractivity contribution < 1.29 is 19.1 Å². The van der Waals surface area contributed by atoms with Crippen molar-refractivity contribution in [1.82, 2.24) is 9.88 Å². The summed E-state index contributed by atoms with van der Waals surface area (Å²) in [5.74, 6) is -0.216. The molecule has 1 aromatic rings. The molecule has 1 N–H and O–H groups in total. The molecule has 0 aliphatic heterocycles. The number of carbonyl (C=O) groups is 3. The number of esters is 1. The van der Waals surface area contributed by atoms with Gasteiger partial charge < -0.3 is 14.6 Å². The zero-order valence-corrected chi connectivity index (χ0v) is 17.2. The number of aromatic nitrogens is 1. The van der Waals surface area contributed by atoms with Gasteiger partial charge in [-0.15, -0.1) is 0 Å². The van der Waals surface area contributed by atoms with E-state index in [1.54, 1.807) is 25.7 Å². The van der Waals surface area contributed by atoms with Gasteiger partial charge >= 0.3 is 5.97 Å². The number of hydrogen-bond donors (Lipinski definition) is 1. The lowest BCUT2D eigenvalue weighted by molar-refractivity contribution is -0.133. The molecule has 0 aromatic carbocycles. The number of nitrogens with one attached hydrogen (secondary N) is 1. The van der Waals surface area contributed by atoms with Gasteiger partial charge in [-0.25, -0.2) is 4.79 Å². The molecule has 0 unspecified atom stereocenters. The van der Waals surface area contributed by atoms with Gasteiger partial charge in [0, 0.05) is 24.2 Å². The lowest BCUT2D eigenvalue weighted by Gasteiger charge is -2.31. The van der Waals surface area contributed by atoms with Gasteiger partial charge in [-0.1, -0.05) is 27.7 Å². The van der Waals surface area contributed by atoms with Crippen molar-refractivity contribution in [3.05, 3.63) is 22.5 Å². The Bertz CT molecular complexity index is 674. The predicted octanol–water partition coefficient (Wildman–Crippen LogP) is 3.52. The third-order valence-electron chi connectivity index (χ3n) is 4.39. The van der Waals surface area contributed by atoms with E-state index in [-0.39, 0.29) is 29.2 Å². The van der Waals surface area contributed by atoms with Crippen LogP contribution in [0.3, 0.4) is 0 Å². The number of H-pyrrole nitrogens is 1. The molecule has 0 saturated heterocycles. The molecule has 0 saturated carbocycles. The molecular weight excluding hydrogens is 332 g/mol. The summed E-state index contributed by atoms with van der Waals surface area (Å²) < 4.78 is 4.76. The topological polar surface area (TPSA) is 79.5 Å². The molecule has 1 heterocycles. The Hall–Kier alpha value is -2.11. The number of carbonyl (C=O) groups excluding carboxylic acids is 3. The average molecular weight is 364 g/mol. The number of hydrogen-bond acceptors (Lipinski definition) is 4. The minimum atomic E-state index is -0.595. The van der Waals surface area contributed by atoms with E-state index < -0.39 is 12.0 Å². The number of ether oxygens (including phenoxy) is 1. The molecule has 0 radical (unpaired) electrons. The number of rotatable bonds is 8. The van der Waals surface area contributed by atoms with E-state index in [1.165, 1.54) is 7.11 Å². The second-order valence-corrected chi connectivity index (χ2v) is 7.69. The average Bonchev–Trinajstić information content (AvgIpc) is 2.84. The van der Waals surface area contributed by atoms with Gasteiger partial charge in [0.1, 0.15) is 5.69 Å². The lowest BCUT2D eigenvalue weighted by Crippen LogP contribution is -2.45. The summed E-state index contributed by atoms with van der Waals surface area (Å²) in [7, 11) is 1.30. The van der Waals surface area contributed by atoms with Gasteiger partial charge in [-0.3, -0.25) is 9.59 Å². The summed E-state index contributed by atoms with van der Waals surface area (Å²) in [4.78, 5) is 42.3. The van der Waals surface area contributed by atoms with E-state index in [4.69, 9.17) is 4.74 Å². The molecule has 26 heavy (non-hydrogen) atoms. The van der Waals surface area contributed by atoms with Gasteiger partial charge in [-0.05, 0) is 38.2 Å². The highest BCUT2D eigenvalue weighted by molar-refractivity contribution is 6.06. The highest BCUT2D eigenvalue weighted by Crippen LogP contribution is 2.23. The van der Waals surface area contributed by atoms with Crippen LogP contribution in [-0.4, -0.2) is 47.2 Å². The molecule has 1 rings (SSSR count). The third-order valence-corrected chi connectivity index (χ3v) is 4.39. The van der Waals surface area contributed by atoms with Crippen molar-refractivity contribution in [1.29, 1.82) is 0 Å². The van der Waals surface area contributed by atoms with Crippen LogP contribution in [0.4, 0.5) is 0 Å². The maximum atomic E-state index is 13.2. The van der Waals surface area contributed by atoms with Crippen LogP contribution in [0.5, 0.6) is 0 Å². The molecular formula is C20H32N2O4. The smallest absolute Gasteiger partial charge is 0.354 e. The Morgan fingerprint density at radius 2 is 1.62 bits per heavy atom. The largest absolute Gasteiger partial charge is 0.464 e. The molecule has 0 bridgehead atoms. The van der Waals surface area contributed by atoms with E-state index in [0.717, 1.165) is 0 Å². The zero-order valence-electron chi connectivity index (χ0n) is 17.2. The van der Waals surface area contributed by atoms with Gasteiger partial charge in [-0.2, -0.15) is 0 Å². The highest BCUT2D eigenvalue weighted by atomic mass is 16.5. The van der Waals surface area contributed by atoms with Crippen molar-refractivity contribution in [2.75, 3.05) is 13.7 Å². The van der Waals surface area contributed by atoms with Crippen molar-refractivity contribution in [3.63, 3.8) is 0 Å².